The first-order valence-corrected chi connectivity index (χ1v) is 29.9. The summed E-state index contributed by atoms with van der Waals surface area (Å²) in [7, 11) is 0. The van der Waals surface area contributed by atoms with Crippen LogP contribution in [0.3, 0.4) is 0 Å². The summed E-state index contributed by atoms with van der Waals surface area (Å²) in [5.41, 5.74) is 17.4. The number of nitrogens with zero attached hydrogens (tertiary/aromatic N) is 1. The number of thiol groups is 1. The van der Waals surface area contributed by atoms with Crippen molar-refractivity contribution in [1.29, 1.82) is 0 Å². The van der Waals surface area contributed by atoms with Gasteiger partial charge < -0.3 is 53.6 Å². The molecule has 0 aromatic heterocycles. The number of carbonyl (C=O) groups excluding carboxylic acids is 9. The van der Waals surface area contributed by atoms with Crippen LogP contribution in [-0.4, -0.2) is 159 Å². The topological polar surface area (TPSA) is 351 Å². The molecule has 1 aromatic carbocycles. The van der Waals surface area contributed by atoms with Crippen molar-refractivity contribution in [2.75, 3.05) is 56.0 Å². The highest BCUT2D eigenvalue weighted by Crippen LogP contribution is 2.27. The van der Waals surface area contributed by atoms with Crippen molar-refractivity contribution in [2.24, 2.45) is 39.9 Å². The third kappa shape index (κ3) is 32.9. The Kier molecular flexibility index (Phi) is 35.5. The van der Waals surface area contributed by atoms with E-state index in [1.165, 1.54) is 23.5 Å². The molecular formula is C54H88ClN9O12S3. The Morgan fingerprint density at radius 1 is 0.684 bits per heavy atom. The quantitative estimate of drug-likeness (QED) is 0.0148. The van der Waals surface area contributed by atoms with Crippen molar-refractivity contribution in [2.45, 2.75) is 159 Å². The van der Waals surface area contributed by atoms with Crippen LogP contribution in [0.15, 0.2) is 35.3 Å². The van der Waals surface area contributed by atoms with E-state index in [1.807, 2.05) is 48.5 Å². The summed E-state index contributed by atoms with van der Waals surface area (Å²) in [4.78, 5) is 139. The van der Waals surface area contributed by atoms with E-state index in [-0.39, 0.29) is 78.8 Å². The average Bonchev–Trinajstić information content (AvgIpc) is 3.37. The molecule has 0 aliphatic rings. The van der Waals surface area contributed by atoms with Crippen molar-refractivity contribution in [3.05, 3.63) is 35.9 Å². The number of nitrogens with one attached hydrogen (secondary N) is 5. The van der Waals surface area contributed by atoms with Crippen molar-refractivity contribution in [3.63, 3.8) is 0 Å². The van der Waals surface area contributed by atoms with Crippen LogP contribution in [0.5, 0.6) is 0 Å². The molecular weight excluding hydrogens is 1100 g/mol. The molecule has 0 saturated carbocycles. The number of carboxylic acids is 1. The maximum Gasteiger partial charge on any atom is 0.304 e. The third-order valence-electron chi connectivity index (χ3n) is 12.0. The second-order valence-corrected chi connectivity index (χ2v) is 25.5. The van der Waals surface area contributed by atoms with Crippen LogP contribution in [0, 0.1) is 17.8 Å². The minimum Gasteiger partial charge on any atom is -0.481 e. The van der Waals surface area contributed by atoms with E-state index in [1.54, 1.807) is 30.3 Å². The molecule has 25 heteroatoms. The largest absolute Gasteiger partial charge is 0.481 e. The number of carboxylic acid groups (broad SMARTS) is 1. The fourth-order valence-corrected chi connectivity index (χ4v) is 10.0. The van der Waals surface area contributed by atoms with Crippen LogP contribution in [0.25, 0.3) is 0 Å². The van der Waals surface area contributed by atoms with Gasteiger partial charge in [0.25, 0.3) is 0 Å². The molecule has 0 spiro atoms. The van der Waals surface area contributed by atoms with Gasteiger partial charge in [-0.15, -0.1) is 11.6 Å². The van der Waals surface area contributed by atoms with Gasteiger partial charge in [-0.3, -0.25) is 52.9 Å². The number of hydrogen-bond acceptors (Lipinski definition) is 16. The molecule has 0 heterocycles. The molecule has 0 bridgehead atoms. The lowest BCUT2D eigenvalue weighted by Crippen LogP contribution is -2.53. The first-order valence-electron chi connectivity index (χ1n) is 26.7. The predicted molar refractivity (Wildman–Crippen MR) is 315 cm³/mol. The number of Topliss-reactive ketones (excluding diaryl/α,β-unsaturated/α-hetero) is 4. The van der Waals surface area contributed by atoms with E-state index in [2.05, 4.69) is 44.2 Å². The molecule has 0 aliphatic heterocycles. The molecule has 79 heavy (non-hydrogen) atoms. The fourth-order valence-electron chi connectivity index (χ4n) is 7.78. The Morgan fingerprint density at radius 3 is 1.78 bits per heavy atom. The number of carbonyl (C=O) groups is 10. The van der Waals surface area contributed by atoms with Crippen molar-refractivity contribution in [1.82, 2.24) is 26.6 Å². The molecule has 0 unspecified atom stereocenters. The number of rotatable bonds is 42. The van der Waals surface area contributed by atoms with Gasteiger partial charge in [-0.25, -0.2) is 0 Å². The number of benzene rings is 1. The van der Waals surface area contributed by atoms with Gasteiger partial charge in [0.05, 0.1) is 37.0 Å². The van der Waals surface area contributed by atoms with E-state index >= 15 is 0 Å². The molecule has 0 radical (unpaired) electrons. The number of aliphatic carboxylic acids is 1. The molecule has 21 nitrogen and oxygen atoms in total. The Morgan fingerprint density at radius 2 is 1.25 bits per heavy atom. The van der Waals surface area contributed by atoms with Crippen LogP contribution in [0.1, 0.15) is 125 Å². The highest BCUT2D eigenvalue weighted by molar-refractivity contribution is 8.00. The lowest BCUT2D eigenvalue weighted by molar-refractivity contribution is -0.142. The molecule has 446 valence electrons. The molecule has 1 rings (SSSR count). The van der Waals surface area contributed by atoms with Gasteiger partial charge in [0.2, 0.25) is 29.5 Å². The second kappa shape index (κ2) is 38.8. The number of thioether (sulfide) groups is 2. The molecule has 0 fully saturated rings. The number of halogens is 1. The van der Waals surface area contributed by atoms with E-state index in [0.717, 1.165) is 5.56 Å². The number of nitrogens with two attached hydrogens (primary N) is 3. The Hall–Kier alpha value is -4.75. The summed E-state index contributed by atoms with van der Waals surface area (Å²) in [6.07, 6.45) is 0.0446. The number of unbranched alkanes of at least 4 members (excludes halogenated alkanes) is 1. The van der Waals surface area contributed by atoms with Crippen LogP contribution in [0.4, 0.5) is 0 Å². The Bertz CT molecular complexity index is 2160. The maximum absolute atomic E-state index is 14.4. The Balaban J connectivity index is 3.45. The smallest absolute Gasteiger partial charge is 0.304 e. The average molecular weight is 1190 g/mol. The number of aliphatic imine (C=N–C) groups is 1. The fraction of sp³-hybridized carbons (Fsp3) is 0.685. The second-order valence-electron chi connectivity index (χ2n) is 21.1. The van der Waals surface area contributed by atoms with E-state index in [9.17, 15) is 53.1 Å². The predicted octanol–water partition coefficient (Wildman–Crippen LogP) is 3.29. The number of amides is 5. The number of alkyl halides is 1. The van der Waals surface area contributed by atoms with E-state index in [4.69, 9.17) is 33.5 Å². The summed E-state index contributed by atoms with van der Waals surface area (Å²) in [5.74, 6) is -10.9. The van der Waals surface area contributed by atoms with Crippen LogP contribution in [0.2, 0.25) is 0 Å². The molecule has 1 aromatic rings. The molecule has 0 aliphatic carbocycles. The number of ether oxygens (including phenoxy) is 1. The van der Waals surface area contributed by atoms with Crippen LogP contribution >= 0.6 is 47.8 Å². The third-order valence-corrected chi connectivity index (χ3v) is 15.3. The van der Waals surface area contributed by atoms with Crippen molar-refractivity contribution in [3.8, 4) is 0 Å². The first-order chi connectivity index (χ1) is 37.1. The zero-order valence-electron chi connectivity index (χ0n) is 47.0. The molecule has 7 atom stereocenters. The van der Waals surface area contributed by atoms with Crippen molar-refractivity contribution < 1.29 is 57.8 Å². The van der Waals surface area contributed by atoms with Crippen LogP contribution in [-0.2, 0) is 59.1 Å². The summed E-state index contributed by atoms with van der Waals surface area (Å²) >= 11 is 12.8. The zero-order chi connectivity index (χ0) is 59.7. The first kappa shape index (κ1) is 72.3. The minimum absolute atomic E-state index is 0.0101. The summed E-state index contributed by atoms with van der Waals surface area (Å²) in [6.45, 7) is 14.0. The maximum atomic E-state index is 14.4. The monoisotopic (exact) mass is 1190 g/mol. The summed E-state index contributed by atoms with van der Waals surface area (Å²) in [6, 6.07) is 4.64. The van der Waals surface area contributed by atoms with Gasteiger partial charge >= 0.3 is 5.97 Å². The minimum atomic E-state index is -1.50. The van der Waals surface area contributed by atoms with E-state index in [0.29, 0.717) is 39.0 Å². The molecule has 5 amide bonds. The van der Waals surface area contributed by atoms with Crippen molar-refractivity contribution >= 4 is 112 Å². The van der Waals surface area contributed by atoms with Gasteiger partial charge in [-0.05, 0) is 64.0 Å². The van der Waals surface area contributed by atoms with Crippen LogP contribution < -0.4 is 43.8 Å². The summed E-state index contributed by atoms with van der Waals surface area (Å²) < 4.78 is 4.59. The number of hydrogen-bond donors (Lipinski definition) is 10. The highest BCUT2D eigenvalue weighted by atomic mass is 35.5. The summed E-state index contributed by atoms with van der Waals surface area (Å²) in [5, 5.41) is 23.3. The number of guanidine groups is 1. The zero-order valence-corrected chi connectivity index (χ0v) is 50.3. The molecule has 12 N–H and O–H groups in total. The molecule has 0 saturated heterocycles. The van der Waals surface area contributed by atoms with E-state index < -0.39 is 131 Å². The lowest BCUT2D eigenvalue weighted by atomic mass is 9.90. The van der Waals surface area contributed by atoms with Gasteiger partial charge in [0.15, 0.2) is 29.1 Å². The standard InChI is InChI=1S/C54H88ClN9O12S3/c1-8-76-23-15-20-43(66)40(31-77)62-49(73)36(24-34-16-10-9-11-17-34)27-45(68)41(32-78-53(2,3)4)63-50(74)37(28-47(70)71)25-38(65)30-60-48(72)35(18-14-22-59-52(57)58)26-44(67)42(33-79-54(5,6)7)64-51(75)39(19-12-13-21-56)61-46(69)29-55/h9-11,16-17,35-37,39-42,77H,8,12-15,18-33,56H2,1-7H3,(H,60,72)(H,61,69)(H,62,73)(H,63,74)(H,64,75)(H,70,71)(H4,57,58,59)/t35-,36-,37+,39+,40+,41+,42+/m1/s1. The SMILES string of the molecule is CCOCCCC(=O)[C@H](CS)NC(=O)[C@@H](CC(=O)[C@H](CSC(C)(C)C)NC(=O)[C@H](CC(=O)O)CC(=O)CNC(=O)[C@H](CCCN=C(N)N)CC(=O)[C@H](CSC(C)(C)C)NC(=O)[C@H](CCCCN)NC(=O)CCl)Cc1ccccc1. The lowest BCUT2D eigenvalue weighted by Gasteiger charge is -2.27. The number of ketones is 4. The van der Waals surface area contributed by atoms with Gasteiger partial charge in [0, 0.05) is 84.0 Å². The van der Waals surface area contributed by atoms with Gasteiger partial charge in [-0.1, -0.05) is 71.9 Å². The highest BCUT2D eigenvalue weighted by Gasteiger charge is 2.35. The van der Waals surface area contributed by atoms with Gasteiger partial charge in [0.1, 0.15) is 11.9 Å². The normalized spacial score (nSPS) is 14.2. The van der Waals surface area contributed by atoms with Gasteiger partial charge in [-0.2, -0.15) is 36.2 Å². The Labute approximate surface area is 485 Å².